The summed E-state index contributed by atoms with van der Waals surface area (Å²) in [5.41, 5.74) is 0.941. The van der Waals surface area contributed by atoms with E-state index in [4.69, 9.17) is 23.2 Å². The number of hydrogen-bond acceptors (Lipinski definition) is 2. The minimum absolute atomic E-state index is 0.276. The Morgan fingerprint density at radius 2 is 2.06 bits per heavy atom. The normalized spacial score (nSPS) is 10.0. The predicted molar refractivity (Wildman–Crippen MR) is 68.7 cm³/mol. The van der Waals surface area contributed by atoms with Crippen LogP contribution in [0.15, 0.2) is 42.7 Å². The summed E-state index contributed by atoms with van der Waals surface area (Å²) >= 11 is 11.8. The van der Waals surface area contributed by atoms with E-state index in [2.05, 4.69) is 10.3 Å². The zero-order chi connectivity index (χ0) is 12.3. The molecule has 0 bridgehead atoms. The van der Waals surface area contributed by atoms with E-state index in [1.54, 1.807) is 36.5 Å². The van der Waals surface area contributed by atoms with Gasteiger partial charge in [-0.25, -0.2) is 0 Å². The molecule has 0 unspecified atom stereocenters. The van der Waals surface area contributed by atoms with E-state index in [1.165, 1.54) is 6.20 Å². The third-order valence-electron chi connectivity index (χ3n) is 2.10. The molecular weight excluding hydrogens is 259 g/mol. The molecule has 0 aliphatic heterocycles. The van der Waals surface area contributed by atoms with Gasteiger partial charge < -0.3 is 5.32 Å². The van der Waals surface area contributed by atoms with Crippen molar-refractivity contribution in [3.05, 3.63) is 58.3 Å². The predicted octanol–water partition coefficient (Wildman–Crippen LogP) is 3.64. The quantitative estimate of drug-likeness (QED) is 0.902. The molecule has 0 fully saturated rings. The summed E-state index contributed by atoms with van der Waals surface area (Å²) in [6, 6.07) is 8.24. The number of pyridine rings is 1. The van der Waals surface area contributed by atoms with Gasteiger partial charge in [-0.3, -0.25) is 9.78 Å². The average molecular weight is 267 g/mol. The zero-order valence-corrected chi connectivity index (χ0v) is 10.2. The van der Waals surface area contributed by atoms with Gasteiger partial charge in [-0.05, 0) is 30.3 Å². The summed E-state index contributed by atoms with van der Waals surface area (Å²) < 4.78 is 0. The fraction of sp³-hybridized carbons (Fsp3) is 0. The summed E-state index contributed by atoms with van der Waals surface area (Å²) in [6.45, 7) is 0. The fourth-order valence-corrected chi connectivity index (χ4v) is 1.62. The zero-order valence-electron chi connectivity index (χ0n) is 8.65. The van der Waals surface area contributed by atoms with Gasteiger partial charge in [0.25, 0.3) is 5.91 Å². The lowest BCUT2D eigenvalue weighted by Crippen LogP contribution is -2.12. The maximum atomic E-state index is 11.8. The highest BCUT2D eigenvalue weighted by molar-refractivity contribution is 6.35. The molecule has 0 saturated heterocycles. The van der Waals surface area contributed by atoms with Crippen molar-refractivity contribution >= 4 is 34.8 Å². The van der Waals surface area contributed by atoms with Crippen molar-refractivity contribution in [3.63, 3.8) is 0 Å². The van der Waals surface area contributed by atoms with Crippen LogP contribution in [0.4, 0.5) is 5.69 Å². The Morgan fingerprint density at radius 3 is 2.76 bits per heavy atom. The lowest BCUT2D eigenvalue weighted by atomic mass is 10.2. The first-order valence-corrected chi connectivity index (χ1v) is 5.59. The number of rotatable bonds is 2. The average Bonchev–Trinajstić information content (AvgIpc) is 2.35. The molecule has 1 aromatic carbocycles. The van der Waals surface area contributed by atoms with E-state index >= 15 is 0 Å². The minimum Gasteiger partial charge on any atom is -0.321 e. The van der Waals surface area contributed by atoms with Crippen LogP contribution in [-0.2, 0) is 0 Å². The second kappa shape index (κ2) is 5.17. The van der Waals surface area contributed by atoms with Crippen molar-refractivity contribution in [2.75, 3.05) is 5.32 Å². The van der Waals surface area contributed by atoms with Crippen molar-refractivity contribution in [2.24, 2.45) is 0 Å². The van der Waals surface area contributed by atoms with Crippen LogP contribution in [-0.4, -0.2) is 10.9 Å². The van der Waals surface area contributed by atoms with Crippen LogP contribution in [0.2, 0.25) is 10.0 Å². The molecular formula is C12H8Cl2N2O. The summed E-state index contributed by atoms with van der Waals surface area (Å²) in [5.74, 6) is -0.276. The van der Waals surface area contributed by atoms with Crippen molar-refractivity contribution < 1.29 is 4.79 Å². The van der Waals surface area contributed by atoms with Crippen LogP contribution in [0, 0.1) is 0 Å². The van der Waals surface area contributed by atoms with Crippen LogP contribution >= 0.6 is 23.2 Å². The first kappa shape index (κ1) is 11.9. The smallest absolute Gasteiger partial charge is 0.257 e. The first-order valence-electron chi connectivity index (χ1n) is 4.83. The van der Waals surface area contributed by atoms with Crippen LogP contribution < -0.4 is 5.32 Å². The lowest BCUT2D eigenvalue weighted by Gasteiger charge is -2.07. The van der Waals surface area contributed by atoms with Crippen molar-refractivity contribution in [1.29, 1.82) is 0 Å². The number of benzene rings is 1. The van der Waals surface area contributed by atoms with Gasteiger partial charge in [0.05, 0.1) is 16.3 Å². The molecule has 1 N–H and O–H groups in total. The Morgan fingerprint density at radius 1 is 1.24 bits per heavy atom. The molecule has 2 aromatic rings. The second-order valence-corrected chi connectivity index (χ2v) is 4.16. The highest BCUT2D eigenvalue weighted by Crippen LogP contribution is 2.25. The SMILES string of the molecule is O=C(Nc1cc(Cl)ccc1Cl)c1cccnc1. The van der Waals surface area contributed by atoms with Crippen LogP contribution in [0.5, 0.6) is 0 Å². The molecule has 1 aromatic heterocycles. The molecule has 0 spiro atoms. The summed E-state index contributed by atoms with van der Waals surface area (Å²) in [6.07, 6.45) is 3.08. The Bertz CT molecular complexity index is 543. The van der Waals surface area contributed by atoms with E-state index in [0.29, 0.717) is 21.3 Å². The van der Waals surface area contributed by atoms with Crippen molar-refractivity contribution in [3.8, 4) is 0 Å². The summed E-state index contributed by atoms with van der Waals surface area (Å²) in [5, 5.41) is 3.62. The highest BCUT2D eigenvalue weighted by atomic mass is 35.5. The van der Waals surface area contributed by atoms with E-state index in [-0.39, 0.29) is 5.91 Å². The van der Waals surface area contributed by atoms with Crippen LogP contribution in [0.3, 0.4) is 0 Å². The lowest BCUT2D eigenvalue weighted by molar-refractivity contribution is 0.102. The third kappa shape index (κ3) is 2.96. The molecule has 1 amide bonds. The van der Waals surface area contributed by atoms with E-state index in [1.807, 2.05) is 0 Å². The van der Waals surface area contributed by atoms with Gasteiger partial charge in [0.2, 0.25) is 0 Å². The van der Waals surface area contributed by atoms with E-state index in [9.17, 15) is 4.79 Å². The topological polar surface area (TPSA) is 42.0 Å². The monoisotopic (exact) mass is 266 g/mol. The Balaban J connectivity index is 2.22. The number of hydrogen-bond donors (Lipinski definition) is 1. The molecule has 2 rings (SSSR count). The largest absolute Gasteiger partial charge is 0.321 e. The Labute approximate surface area is 108 Å². The molecule has 17 heavy (non-hydrogen) atoms. The third-order valence-corrected chi connectivity index (χ3v) is 2.67. The standard InChI is InChI=1S/C12H8Cl2N2O/c13-9-3-4-10(14)11(6-9)16-12(17)8-2-1-5-15-7-8/h1-7H,(H,16,17). The van der Waals surface area contributed by atoms with Crippen LogP contribution in [0.25, 0.3) is 0 Å². The number of anilines is 1. The molecule has 0 aliphatic rings. The maximum Gasteiger partial charge on any atom is 0.257 e. The molecule has 0 atom stereocenters. The van der Waals surface area contributed by atoms with Gasteiger partial charge in [-0.15, -0.1) is 0 Å². The minimum atomic E-state index is -0.276. The highest BCUT2D eigenvalue weighted by Gasteiger charge is 2.08. The maximum absolute atomic E-state index is 11.8. The van der Waals surface area contributed by atoms with Crippen LogP contribution in [0.1, 0.15) is 10.4 Å². The number of aromatic nitrogens is 1. The molecule has 1 heterocycles. The number of carbonyl (C=O) groups is 1. The Kier molecular flexibility index (Phi) is 3.61. The second-order valence-electron chi connectivity index (χ2n) is 3.32. The van der Waals surface area contributed by atoms with Crippen molar-refractivity contribution in [2.45, 2.75) is 0 Å². The number of nitrogens with one attached hydrogen (secondary N) is 1. The van der Waals surface area contributed by atoms with Gasteiger partial charge in [0.15, 0.2) is 0 Å². The summed E-state index contributed by atoms with van der Waals surface area (Å²) in [7, 11) is 0. The number of carbonyl (C=O) groups excluding carboxylic acids is 1. The number of halogens is 2. The van der Waals surface area contributed by atoms with Gasteiger partial charge in [-0.2, -0.15) is 0 Å². The molecule has 0 aliphatic carbocycles. The number of amides is 1. The van der Waals surface area contributed by atoms with E-state index < -0.39 is 0 Å². The van der Waals surface area contributed by atoms with Gasteiger partial charge in [-0.1, -0.05) is 23.2 Å². The fourth-order valence-electron chi connectivity index (χ4n) is 1.28. The van der Waals surface area contributed by atoms with Gasteiger partial charge >= 0.3 is 0 Å². The van der Waals surface area contributed by atoms with Crippen molar-refractivity contribution in [1.82, 2.24) is 4.98 Å². The molecule has 0 radical (unpaired) electrons. The Hall–Kier alpha value is -1.58. The molecule has 5 heteroatoms. The van der Waals surface area contributed by atoms with E-state index in [0.717, 1.165) is 0 Å². The molecule has 0 saturated carbocycles. The number of nitrogens with zero attached hydrogens (tertiary/aromatic N) is 1. The molecule has 3 nitrogen and oxygen atoms in total. The molecule has 86 valence electrons. The first-order chi connectivity index (χ1) is 8.16. The van der Waals surface area contributed by atoms with Gasteiger partial charge in [0.1, 0.15) is 0 Å². The summed E-state index contributed by atoms with van der Waals surface area (Å²) in [4.78, 5) is 15.7. The van der Waals surface area contributed by atoms with Gasteiger partial charge in [0, 0.05) is 17.4 Å².